The molecule has 278 valence electrons. The largest absolute Gasteiger partial charge is 0.490 e. The quantitative estimate of drug-likeness (QED) is 0.232. The predicted octanol–water partition coefficient (Wildman–Crippen LogP) is 5.16. The number of carboxylic acids is 1. The molecule has 4 N–H and O–H groups in total. The highest BCUT2D eigenvalue weighted by Gasteiger charge is 2.38. The van der Waals surface area contributed by atoms with Crippen LogP contribution in [0, 0.1) is 0 Å². The SMILES string of the molecule is C[C@@H]1CNC(C)(C)CC(=O)N[C@@H]2CCc3ccccc3N(Cc3ccc(cc3)-c3ccccc3C(=O)NCCCC(=O)O1)C2=O.O=C(O)C(F)(F)F. The number of ether oxygens (including phenoxy) is 1. The number of rotatable bonds is 0. The normalized spacial score (nSPS) is 20.3. The number of aryl methyl sites for hydroxylation is 1. The van der Waals surface area contributed by atoms with Crippen LogP contribution in [-0.4, -0.2) is 71.7 Å². The molecule has 0 saturated carbocycles. The topological polar surface area (TPSA) is 154 Å². The Labute approximate surface area is 299 Å². The highest BCUT2D eigenvalue weighted by atomic mass is 19.4. The molecular formula is C38H43F3N4O7. The highest BCUT2D eigenvalue weighted by Crippen LogP contribution is 2.30. The summed E-state index contributed by atoms with van der Waals surface area (Å²) < 4.78 is 37.3. The summed E-state index contributed by atoms with van der Waals surface area (Å²) in [5.74, 6) is -3.69. The molecule has 0 saturated heterocycles. The summed E-state index contributed by atoms with van der Waals surface area (Å²) in [5.41, 5.74) is 4.44. The van der Waals surface area contributed by atoms with Crippen LogP contribution in [0.25, 0.3) is 11.1 Å². The summed E-state index contributed by atoms with van der Waals surface area (Å²) in [4.78, 5) is 63.5. The zero-order valence-electron chi connectivity index (χ0n) is 29.2. The number of hydrogen-bond donors (Lipinski definition) is 4. The Kier molecular flexibility index (Phi) is 13.2. The summed E-state index contributed by atoms with van der Waals surface area (Å²) in [6.07, 6.45) is -3.56. The van der Waals surface area contributed by atoms with E-state index in [4.69, 9.17) is 14.6 Å². The molecule has 0 aromatic heterocycles. The average Bonchev–Trinajstić information content (AvgIpc) is 3.21. The average molecular weight is 725 g/mol. The molecule has 2 atom stereocenters. The second-order valence-electron chi connectivity index (χ2n) is 13.4. The van der Waals surface area contributed by atoms with Gasteiger partial charge in [-0.1, -0.05) is 60.7 Å². The highest BCUT2D eigenvalue weighted by molar-refractivity contribution is 6.01. The van der Waals surface area contributed by atoms with Crippen LogP contribution >= 0.6 is 0 Å². The van der Waals surface area contributed by atoms with E-state index in [2.05, 4.69) is 16.0 Å². The van der Waals surface area contributed by atoms with Gasteiger partial charge in [0.25, 0.3) is 5.91 Å². The van der Waals surface area contributed by atoms with E-state index < -0.39 is 29.8 Å². The number of aliphatic carboxylic acids is 1. The molecule has 0 spiro atoms. The van der Waals surface area contributed by atoms with E-state index in [0.29, 0.717) is 44.5 Å². The van der Waals surface area contributed by atoms with Crippen molar-refractivity contribution < 1.29 is 47.0 Å². The van der Waals surface area contributed by atoms with Crippen LogP contribution in [0.2, 0.25) is 0 Å². The van der Waals surface area contributed by atoms with E-state index in [-0.39, 0.29) is 36.5 Å². The first kappa shape index (κ1) is 39.5. The number of halogens is 3. The monoisotopic (exact) mass is 724 g/mol. The molecule has 11 nitrogen and oxygen atoms in total. The Morgan fingerprint density at radius 3 is 2.23 bits per heavy atom. The third kappa shape index (κ3) is 11.1. The molecule has 0 unspecified atom stereocenters. The van der Waals surface area contributed by atoms with Crippen LogP contribution in [0.5, 0.6) is 0 Å². The van der Waals surface area contributed by atoms with Crippen molar-refractivity contribution in [1.29, 1.82) is 0 Å². The van der Waals surface area contributed by atoms with Crippen LogP contribution in [0.15, 0.2) is 72.8 Å². The Hall–Kier alpha value is -5.24. The molecule has 6 rings (SSSR count). The van der Waals surface area contributed by atoms with Crippen LogP contribution < -0.4 is 20.9 Å². The van der Waals surface area contributed by atoms with Gasteiger partial charge >= 0.3 is 18.1 Å². The number of fused-ring (bicyclic) bond motifs is 16. The minimum atomic E-state index is -5.08. The van der Waals surface area contributed by atoms with Crippen molar-refractivity contribution in [3.63, 3.8) is 0 Å². The molecule has 4 bridgehead atoms. The predicted molar refractivity (Wildman–Crippen MR) is 187 cm³/mol. The summed E-state index contributed by atoms with van der Waals surface area (Å²) >= 11 is 0. The Balaban J connectivity index is 0.000000785. The number of anilines is 1. The van der Waals surface area contributed by atoms with Gasteiger partial charge in [0.05, 0.1) is 6.54 Å². The molecule has 3 aliphatic rings. The third-order valence-corrected chi connectivity index (χ3v) is 8.55. The molecular weight excluding hydrogens is 681 g/mol. The maximum atomic E-state index is 14.0. The van der Waals surface area contributed by atoms with Gasteiger partial charge in [0.15, 0.2) is 0 Å². The Morgan fingerprint density at radius 2 is 1.56 bits per heavy atom. The zero-order valence-corrected chi connectivity index (χ0v) is 29.2. The fourth-order valence-electron chi connectivity index (χ4n) is 5.90. The molecule has 0 aliphatic carbocycles. The van der Waals surface area contributed by atoms with Gasteiger partial charge in [-0.2, -0.15) is 13.2 Å². The van der Waals surface area contributed by atoms with Crippen LogP contribution in [0.3, 0.4) is 0 Å². The van der Waals surface area contributed by atoms with Crippen molar-refractivity contribution in [2.45, 2.75) is 83.3 Å². The molecule has 14 heteroatoms. The van der Waals surface area contributed by atoms with Gasteiger partial charge in [-0.05, 0) is 74.4 Å². The van der Waals surface area contributed by atoms with Crippen molar-refractivity contribution in [2.24, 2.45) is 0 Å². The van der Waals surface area contributed by atoms with Gasteiger partial charge < -0.3 is 30.7 Å². The number of nitrogens with zero attached hydrogens (tertiary/aromatic N) is 1. The summed E-state index contributed by atoms with van der Waals surface area (Å²) in [5, 5.41) is 16.4. The van der Waals surface area contributed by atoms with Crippen LogP contribution in [-0.2, 0) is 36.9 Å². The molecule has 3 aromatic rings. The molecule has 3 aromatic carbocycles. The van der Waals surface area contributed by atoms with Gasteiger partial charge in [0, 0.05) is 42.7 Å². The smallest absolute Gasteiger partial charge is 0.475 e. The van der Waals surface area contributed by atoms with Gasteiger partial charge in [0.1, 0.15) is 12.1 Å². The lowest BCUT2D eigenvalue weighted by Crippen LogP contribution is -2.51. The molecule has 0 fully saturated rings. The number of nitrogens with one attached hydrogen (secondary N) is 3. The number of amides is 3. The van der Waals surface area contributed by atoms with Crippen molar-refractivity contribution in [1.82, 2.24) is 16.0 Å². The number of carbonyl (C=O) groups excluding carboxylic acids is 4. The number of alkyl halides is 3. The molecule has 52 heavy (non-hydrogen) atoms. The van der Waals surface area contributed by atoms with Crippen molar-refractivity contribution in [3.8, 4) is 11.1 Å². The van der Waals surface area contributed by atoms with Crippen molar-refractivity contribution in [3.05, 3.63) is 89.5 Å². The van der Waals surface area contributed by atoms with Crippen LogP contribution in [0.1, 0.15) is 67.9 Å². The van der Waals surface area contributed by atoms with Gasteiger partial charge in [-0.3, -0.25) is 19.2 Å². The first-order valence-electron chi connectivity index (χ1n) is 16.9. The lowest BCUT2D eigenvalue weighted by molar-refractivity contribution is -0.192. The van der Waals surface area contributed by atoms with E-state index in [9.17, 15) is 32.3 Å². The third-order valence-electron chi connectivity index (χ3n) is 8.55. The number of para-hydroxylation sites is 1. The van der Waals surface area contributed by atoms with E-state index >= 15 is 0 Å². The molecule has 3 aliphatic heterocycles. The molecule has 0 radical (unpaired) electrons. The second-order valence-corrected chi connectivity index (χ2v) is 13.4. The summed E-state index contributed by atoms with van der Waals surface area (Å²) in [7, 11) is 0. The van der Waals surface area contributed by atoms with E-state index in [1.54, 1.807) is 17.9 Å². The number of carbonyl (C=O) groups is 5. The zero-order chi connectivity index (χ0) is 38.1. The number of esters is 1. The van der Waals surface area contributed by atoms with Gasteiger partial charge in [-0.15, -0.1) is 0 Å². The van der Waals surface area contributed by atoms with Gasteiger partial charge in [0.2, 0.25) is 11.8 Å². The van der Waals surface area contributed by atoms with Gasteiger partial charge in [-0.25, -0.2) is 4.79 Å². The standard InChI is InChI=1S/C36H42N4O5.C2HF3O2/c1-24-22-38-36(2,3)21-32(41)39-30-19-18-27-9-4-7-12-31(27)40(35(30)44)23-25-14-16-26(17-15-25)28-10-5-6-11-29(28)34(43)37-20-8-13-33(42)45-24;3-2(4,5)1(6)7/h4-7,9-12,14-17,24,30,38H,8,13,18-23H2,1-3H3,(H,37,43)(H,39,41);(H,6,7)/t24-,30-;/m1./s1. The van der Waals surface area contributed by atoms with Crippen molar-refractivity contribution >= 4 is 35.3 Å². The summed E-state index contributed by atoms with van der Waals surface area (Å²) in [6.45, 7) is 6.66. The minimum absolute atomic E-state index is 0.146. The fourth-order valence-corrected chi connectivity index (χ4v) is 5.90. The number of hydrogen-bond acceptors (Lipinski definition) is 7. The van der Waals surface area contributed by atoms with Crippen LogP contribution in [0.4, 0.5) is 18.9 Å². The fraction of sp³-hybridized carbons (Fsp3) is 0.395. The molecule has 3 amide bonds. The maximum absolute atomic E-state index is 14.0. The second kappa shape index (κ2) is 17.3. The maximum Gasteiger partial charge on any atom is 0.490 e. The van der Waals surface area contributed by atoms with E-state index in [0.717, 1.165) is 27.9 Å². The first-order valence-corrected chi connectivity index (χ1v) is 16.9. The van der Waals surface area contributed by atoms with E-state index in [1.807, 2.05) is 80.6 Å². The first-order chi connectivity index (χ1) is 24.5. The lowest BCUT2D eigenvalue weighted by atomic mass is 9.98. The Morgan fingerprint density at radius 1 is 0.923 bits per heavy atom. The number of benzene rings is 3. The summed E-state index contributed by atoms with van der Waals surface area (Å²) in [6, 6.07) is 22.5. The lowest BCUT2D eigenvalue weighted by Gasteiger charge is -2.29. The van der Waals surface area contributed by atoms with Crippen molar-refractivity contribution in [2.75, 3.05) is 18.0 Å². The Bertz CT molecular complexity index is 1760. The number of carboxylic acid groups (broad SMARTS) is 1. The minimum Gasteiger partial charge on any atom is -0.475 e. The molecule has 3 heterocycles. The van der Waals surface area contributed by atoms with E-state index in [1.165, 1.54) is 0 Å².